The number of nitrogens with one attached hydrogen (secondary N) is 1. The first-order valence-electron chi connectivity index (χ1n) is 8.27. The highest BCUT2D eigenvalue weighted by atomic mass is 35.5. The zero-order valence-corrected chi connectivity index (χ0v) is 15.2. The smallest absolute Gasteiger partial charge is 0.254 e. The third kappa shape index (κ3) is 5.90. The summed E-state index contributed by atoms with van der Waals surface area (Å²) < 4.78 is 4.92. The number of hydrogen-bond acceptors (Lipinski definition) is 4. The van der Waals surface area contributed by atoms with Gasteiger partial charge in [0.05, 0.1) is 0 Å². The summed E-state index contributed by atoms with van der Waals surface area (Å²) in [6.07, 6.45) is 2.87. The number of nitrogens with zero attached hydrogens (tertiary/aromatic N) is 2. The van der Waals surface area contributed by atoms with Crippen LogP contribution in [-0.2, 0) is 4.79 Å². The van der Waals surface area contributed by atoms with Crippen molar-refractivity contribution in [3.63, 3.8) is 0 Å². The SMILES string of the molecule is CCCCCN(CC(=O)Nc1cc(C)on1)C(=O)c1ccc(Cl)cc1. The van der Waals surface area contributed by atoms with Crippen molar-refractivity contribution in [3.8, 4) is 0 Å². The Bertz CT molecular complexity index is 713. The number of hydrogen-bond donors (Lipinski definition) is 1. The van der Waals surface area contributed by atoms with Crippen LogP contribution in [0, 0.1) is 6.92 Å². The third-order valence-electron chi connectivity index (χ3n) is 3.64. The minimum Gasteiger partial charge on any atom is -0.360 e. The average Bonchev–Trinajstić information content (AvgIpc) is 2.99. The Morgan fingerprint density at radius 1 is 1.24 bits per heavy atom. The van der Waals surface area contributed by atoms with Gasteiger partial charge in [0, 0.05) is 23.2 Å². The molecular formula is C18H22ClN3O3. The van der Waals surface area contributed by atoms with Crippen molar-refractivity contribution in [2.75, 3.05) is 18.4 Å². The van der Waals surface area contributed by atoms with E-state index in [1.165, 1.54) is 0 Å². The Labute approximate surface area is 152 Å². The van der Waals surface area contributed by atoms with Crippen molar-refractivity contribution < 1.29 is 14.1 Å². The van der Waals surface area contributed by atoms with E-state index in [0.29, 0.717) is 28.7 Å². The molecule has 0 bridgehead atoms. The van der Waals surface area contributed by atoms with Gasteiger partial charge in [-0.25, -0.2) is 0 Å². The van der Waals surface area contributed by atoms with E-state index in [-0.39, 0.29) is 18.4 Å². The highest BCUT2D eigenvalue weighted by Crippen LogP contribution is 2.13. The standard InChI is InChI=1S/C18H22ClN3O3/c1-3-4-5-10-22(18(24)14-6-8-15(19)9-7-14)12-17(23)20-16-11-13(2)25-21-16/h6-9,11H,3-5,10,12H2,1-2H3,(H,20,21,23). The van der Waals surface area contributed by atoms with Crippen LogP contribution >= 0.6 is 11.6 Å². The summed E-state index contributed by atoms with van der Waals surface area (Å²) in [5.41, 5.74) is 0.506. The van der Waals surface area contributed by atoms with Gasteiger partial charge in [-0.05, 0) is 37.6 Å². The fraction of sp³-hybridized carbons (Fsp3) is 0.389. The summed E-state index contributed by atoms with van der Waals surface area (Å²) in [5, 5.41) is 6.93. The molecule has 0 spiro atoms. The van der Waals surface area contributed by atoms with Crippen LogP contribution in [0.25, 0.3) is 0 Å². The van der Waals surface area contributed by atoms with E-state index in [4.69, 9.17) is 16.1 Å². The second kappa shape index (κ2) is 9.22. The summed E-state index contributed by atoms with van der Waals surface area (Å²) in [6.45, 7) is 4.30. The molecule has 0 aliphatic rings. The predicted octanol–water partition coefficient (Wildman–Crippen LogP) is 3.91. The van der Waals surface area contributed by atoms with Crippen LogP contribution in [0.2, 0.25) is 5.02 Å². The lowest BCUT2D eigenvalue weighted by atomic mass is 10.1. The molecule has 0 saturated heterocycles. The molecule has 0 saturated carbocycles. The molecule has 2 aromatic rings. The van der Waals surface area contributed by atoms with E-state index in [2.05, 4.69) is 17.4 Å². The summed E-state index contributed by atoms with van der Waals surface area (Å²) in [5.74, 6) is 0.439. The Morgan fingerprint density at radius 2 is 1.96 bits per heavy atom. The Hall–Kier alpha value is -2.34. The van der Waals surface area contributed by atoms with Crippen molar-refractivity contribution in [2.24, 2.45) is 0 Å². The first-order chi connectivity index (χ1) is 12.0. The lowest BCUT2D eigenvalue weighted by molar-refractivity contribution is -0.117. The first kappa shape index (κ1) is 19.0. The monoisotopic (exact) mass is 363 g/mol. The number of benzene rings is 1. The highest BCUT2D eigenvalue weighted by Gasteiger charge is 2.19. The lowest BCUT2D eigenvalue weighted by Gasteiger charge is -2.22. The molecule has 1 aromatic heterocycles. The van der Waals surface area contributed by atoms with Gasteiger partial charge < -0.3 is 14.7 Å². The fourth-order valence-electron chi connectivity index (χ4n) is 2.36. The number of rotatable bonds is 8. The van der Waals surface area contributed by atoms with Crippen molar-refractivity contribution in [1.82, 2.24) is 10.1 Å². The number of carbonyl (C=O) groups excluding carboxylic acids is 2. The van der Waals surface area contributed by atoms with E-state index in [9.17, 15) is 9.59 Å². The zero-order chi connectivity index (χ0) is 18.2. The van der Waals surface area contributed by atoms with Crippen molar-refractivity contribution in [2.45, 2.75) is 33.1 Å². The number of amides is 2. The molecular weight excluding hydrogens is 342 g/mol. The van der Waals surface area contributed by atoms with Gasteiger partial charge in [0.1, 0.15) is 12.3 Å². The van der Waals surface area contributed by atoms with Crippen LogP contribution < -0.4 is 5.32 Å². The van der Waals surface area contributed by atoms with Gasteiger partial charge in [0.2, 0.25) is 5.91 Å². The molecule has 1 aromatic carbocycles. The van der Waals surface area contributed by atoms with E-state index >= 15 is 0 Å². The summed E-state index contributed by atoms with van der Waals surface area (Å²) >= 11 is 5.87. The van der Waals surface area contributed by atoms with Gasteiger partial charge in [-0.1, -0.05) is 36.5 Å². The normalized spacial score (nSPS) is 10.5. The molecule has 0 aliphatic heterocycles. The number of halogens is 1. The van der Waals surface area contributed by atoms with Gasteiger partial charge in [0.25, 0.3) is 5.91 Å². The summed E-state index contributed by atoms with van der Waals surface area (Å²) in [7, 11) is 0. The van der Waals surface area contributed by atoms with Crippen molar-refractivity contribution in [3.05, 3.63) is 46.7 Å². The van der Waals surface area contributed by atoms with Gasteiger partial charge >= 0.3 is 0 Å². The Kier molecular flexibility index (Phi) is 7.01. The third-order valence-corrected chi connectivity index (χ3v) is 3.89. The highest BCUT2D eigenvalue weighted by molar-refractivity contribution is 6.30. The average molecular weight is 364 g/mol. The van der Waals surface area contributed by atoms with Gasteiger partial charge in [0.15, 0.2) is 5.82 Å². The molecule has 2 rings (SSSR count). The molecule has 7 heteroatoms. The molecule has 0 atom stereocenters. The number of aromatic nitrogens is 1. The number of unbranched alkanes of at least 4 members (excludes halogenated alkanes) is 2. The van der Waals surface area contributed by atoms with Crippen LogP contribution in [0.1, 0.15) is 42.3 Å². The first-order valence-corrected chi connectivity index (χ1v) is 8.65. The number of anilines is 1. The minimum atomic E-state index is -0.313. The molecule has 0 radical (unpaired) electrons. The number of aryl methyl sites for hydroxylation is 1. The number of carbonyl (C=O) groups is 2. The summed E-state index contributed by atoms with van der Waals surface area (Å²) in [6, 6.07) is 8.28. The van der Waals surface area contributed by atoms with Crippen molar-refractivity contribution >= 4 is 29.2 Å². The van der Waals surface area contributed by atoms with E-state index in [1.54, 1.807) is 42.2 Å². The van der Waals surface area contributed by atoms with Gasteiger partial charge in [-0.15, -0.1) is 0 Å². The maximum Gasteiger partial charge on any atom is 0.254 e. The van der Waals surface area contributed by atoms with Crippen LogP contribution in [-0.4, -0.2) is 35.0 Å². The van der Waals surface area contributed by atoms with Gasteiger partial charge in [-0.3, -0.25) is 9.59 Å². The van der Waals surface area contributed by atoms with Crippen LogP contribution in [0.5, 0.6) is 0 Å². The molecule has 6 nitrogen and oxygen atoms in total. The second-order valence-electron chi connectivity index (χ2n) is 5.81. The minimum absolute atomic E-state index is 0.0446. The van der Waals surface area contributed by atoms with E-state index in [0.717, 1.165) is 19.3 Å². The molecule has 25 heavy (non-hydrogen) atoms. The quantitative estimate of drug-likeness (QED) is 0.721. The maximum atomic E-state index is 12.7. The molecule has 134 valence electrons. The molecule has 1 N–H and O–H groups in total. The zero-order valence-electron chi connectivity index (χ0n) is 14.4. The van der Waals surface area contributed by atoms with E-state index < -0.39 is 0 Å². The molecule has 2 amide bonds. The van der Waals surface area contributed by atoms with Crippen LogP contribution in [0.4, 0.5) is 5.82 Å². The summed E-state index contributed by atoms with van der Waals surface area (Å²) in [4.78, 5) is 26.5. The molecule has 1 heterocycles. The van der Waals surface area contributed by atoms with Crippen LogP contribution in [0.15, 0.2) is 34.9 Å². The van der Waals surface area contributed by atoms with Crippen molar-refractivity contribution in [1.29, 1.82) is 0 Å². The lowest BCUT2D eigenvalue weighted by Crippen LogP contribution is -2.38. The van der Waals surface area contributed by atoms with E-state index in [1.807, 2.05) is 0 Å². The largest absolute Gasteiger partial charge is 0.360 e. The Morgan fingerprint density at radius 3 is 2.56 bits per heavy atom. The predicted molar refractivity (Wildman–Crippen MR) is 96.8 cm³/mol. The Balaban J connectivity index is 2.04. The molecule has 0 fully saturated rings. The maximum absolute atomic E-state index is 12.7. The van der Waals surface area contributed by atoms with Gasteiger partial charge in [-0.2, -0.15) is 0 Å². The second-order valence-corrected chi connectivity index (χ2v) is 6.25. The molecule has 0 aliphatic carbocycles. The van der Waals surface area contributed by atoms with Crippen LogP contribution in [0.3, 0.4) is 0 Å². The fourth-order valence-corrected chi connectivity index (χ4v) is 2.49. The topological polar surface area (TPSA) is 75.4 Å². The molecule has 0 unspecified atom stereocenters.